The number of rotatable bonds is 4. The average Bonchev–Trinajstić information content (AvgIpc) is 3.37. The summed E-state index contributed by atoms with van der Waals surface area (Å²) in [6, 6.07) is 25.6. The second-order valence-corrected chi connectivity index (χ2v) is 5.43. The molecular formula is C19H17NO. The molecule has 0 spiro atoms. The highest BCUT2D eigenvalue weighted by atomic mass is 16.6. The second-order valence-electron chi connectivity index (χ2n) is 5.43. The molecule has 0 bridgehead atoms. The van der Waals surface area contributed by atoms with Crippen molar-refractivity contribution >= 4 is 22.1 Å². The Kier molecular flexibility index (Phi) is 3.09. The Morgan fingerprint density at radius 1 is 0.810 bits per heavy atom. The molecule has 21 heavy (non-hydrogen) atoms. The number of benzene rings is 3. The van der Waals surface area contributed by atoms with Crippen molar-refractivity contribution < 1.29 is 4.74 Å². The van der Waals surface area contributed by atoms with Gasteiger partial charge in [-0.15, -0.1) is 0 Å². The van der Waals surface area contributed by atoms with Crippen LogP contribution in [0.15, 0.2) is 72.8 Å². The molecule has 0 aliphatic carbocycles. The lowest BCUT2D eigenvalue weighted by atomic mass is 10.1. The molecule has 1 aliphatic rings. The van der Waals surface area contributed by atoms with Gasteiger partial charge < -0.3 is 9.64 Å². The van der Waals surface area contributed by atoms with Gasteiger partial charge in [0.2, 0.25) is 0 Å². The van der Waals surface area contributed by atoms with Gasteiger partial charge in [-0.2, -0.15) is 0 Å². The number of hydrogen-bond acceptors (Lipinski definition) is 2. The van der Waals surface area contributed by atoms with E-state index in [4.69, 9.17) is 4.74 Å². The largest absolute Gasteiger partial charge is 0.371 e. The molecule has 1 atom stereocenters. The Labute approximate surface area is 124 Å². The standard InChI is InChI=1S/C19H17NO/c1-2-8-17(9-3-1)20(13-19-14-21-19)18-11-10-15-6-4-5-7-16(15)12-18/h1-12,19H,13-14H2/t19-/m1/s1. The molecule has 2 heteroatoms. The number of para-hydroxylation sites is 1. The van der Waals surface area contributed by atoms with Crippen LogP contribution < -0.4 is 4.90 Å². The van der Waals surface area contributed by atoms with E-state index in [1.165, 1.54) is 22.1 Å². The third kappa shape index (κ3) is 2.63. The second kappa shape index (κ2) is 5.23. The smallest absolute Gasteiger partial charge is 0.0988 e. The monoisotopic (exact) mass is 275 g/mol. The van der Waals surface area contributed by atoms with Gasteiger partial charge >= 0.3 is 0 Å². The summed E-state index contributed by atoms with van der Waals surface area (Å²) in [7, 11) is 0. The van der Waals surface area contributed by atoms with Crippen molar-refractivity contribution in [3.8, 4) is 0 Å². The molecular weight excluding hydrogens is 258 g/mol. The van der Waals surface area contributed by atoms with E-state index in [1.54, 1.807) is 0 Å². The third-order valence-electron chi connectivity index (χ3n) is 3.90. The maximum Gasteiger partial charge on any atom is 0.0988 e. The first kappa shape index (κ1) is 12.4. The van der Waals surface area contributed by atoms with Gasteiger partial charge in [0.1, 0.15) is 0 Å². The van der Waals surface area contributed by atoms with Crippen LogP contribution in [0, 0.1) is 0 Å². The molecule has 1 saturated heterocycles. The number of fused-ring (bicyclic) bond motifs is 1. The predicted molar refractivity (Wildman–Crippen MR) is 87.1 cm³/mol. The topological polar surface area (TPSA) is 15.8 Å². The van der Waals surface area contributed by atoms with E-state index in [0.29, 0.717) is 6.10 Å². The maximum absolute atomic E-state index is 5.43. The predicted octanol–water partition coefficient (Wildman–Crippen LogP) is 4.38. The van der Waals surface area contributed by atoms with Crippen LogP contribution in [0.3, 0.4) is 0 Å². The first-order chi connectivity index (χ1) is 10.4. The van der Waals surface area contributed by atoms with Gasteiger partial charge in [-0.25, -0.2) is 0 Å². The van der Waals surface area contributed by atoms with Crippen LogP contribution in [-0.4, -0.2) is 19.3 Å². The zero-order valence-electron chi connectivity index (χ0n) is 11.8. The zero-order chi connectivity index (χ0) is 14.1. The molecule has 0 amide bonds. The average molecular weight is 275 g/mol. The molecule has 1 fully saturated rings. The maximum atomic E-state index is 5.43. The van der Waals surface area contributed by atoms with Crippen LogP contribution in [0.5, 0.6) is 0 Å². The lowest BCUT2D eigenvalue weighted by Gasteiger charge is -2.24. The first-order valence-corrected chi connectivity index (χ1v) is 7.33. The SMILES string of the molecule is c1ccc(N(C[C@@H]2CO2)c2ccc3ccccc3c2)cc1. The molecule has 0 aromatic heterocycles. The molecule has 104 valence electrons. The molecule has 0 radical (unpaired) electrons. The van der Waals surface area contributed by atoms with Crippen LogP contribution in [-0.2, 0) is 4.74 Å². The summed E-state index contributed by atoms with van der Waals surface area (Å²) in [6.07, 6.45) is 0.358. The first-order valence-electron chi connectivity index (χ1n) is 7.33. The summed E-state index contributed by atoms with van der Waals surface area (Å²) in [5, 5.41) is 2.55. The van der Waals surface area contributed by atoms with E-state index < -0.39 is 0 Å². The van der Waals surface area contributed by atoms with Crippen LogP contribution in [0.1, 0.15) is 0 Å². The van der Waals surface area contributed by atoms with Crippen LogP contribution in [0.25, 0.3) is 10.8 Å². The lowest BCUT2D eigenvalue weighted by Crippen LogP contribution is -2.22. The number of hydrogen-bond donors (Lipinski definition) is 0. The van der Waals surface area contributed by atoms with Crippen LogP contribution >= 0.6 is 0 Å². The Morgan fingerprint density at radius 3 is 2.29 bits per heavy atom. The highest BCUT2D eigenvalue weighted by Gasteiger charge is 2.26. The van der Waals surface area contributed by atoms with E-state index in [9.17, 15) is 0 Å². The fourth-order valence-corrected chi connectivity index (χ4v) is 2.69. The van der Waals surface area contributed by atoms with Crippen molar-refractivity contribution in [2.75, 3.05) is 18.1 Å². The number of nitrogens with zero attached hydrogens (tertiary/aromatic N) is 1. The van der Waals surface area contributed by atoms with Crippen LogP contribution in [0.4, 0.5) is 11.4 Å². The van der Waals surface area contributed by atoms with Gasteiger partial charge in [-0.05, 0) is 35.0 Å². The lowest BCUT2D eigenvalue weighted by molar-refractivity contribution is 0.411. The Morgan fingerprint density at radius 2 is 1.52 bits per heavy atom. The van der Waals surface area contributed by atoms with Crippen molar-refractivity contribution in [1.29, 1.82) is 0 Å². The Balaban J connectivity index is 1.76. The summed E-state index contributed by atoms with van der Waals surface area (Å²) in [6.45, 7) is 1.78. The molecule has 0 N–H and O–H groups in total. The fraction of sp³-hybridized carbons (Fsp3) is 0.158. The summed E-state index contributed by atoms with van der Waals surface area (Å²) in [5.41, 5.74) is 2.43. The molecule has 0 saturated carbocycles. The van der Waals surface area contributed by atoms with Gasteiger partial charge in [0, 0.05) is 11.4 Å². The Hall–Kier alpha value is -2.32. The van der Waals surface area contributed by atoms with Gasteiger partial charge in [-0.1, -0.05) is 48.5 Å². The van der Waals surface area contributed by atoms with Crippen molar-refractivity contribution in [2.24, 2.45) is 0 Å². The summed E-state index contributed by atoms with van der Waals surface area (Å²) < 4.78 is 5.43. The third-order valence-corrected chi connectivity index (χ3v) is 3.90. The van der Waals surface area contributed by atoms with E-state index in [2.05, 4.69) is 77.7 Å². The minimum absolute atomic E-state index is 0.358. The molecule has 4 rings (SSSR count). The van der Waals surface area contributed by atoms with E-state index in [1.807, 2.05) is 0 Å². The van der Waals surface area contributed by atoms with E-state index in [-0.39, 0.29) is 0 Å². The van der Waals surface area contributed by atoms with Crippen molar-refractivity contribution in [2.45, 2.75) is 6.10 Å². The molecule has 1 aliphatic heterocycles. The van der Waals surface area contributed by atoms with E-state index in [0.717, 1.165) is 13.2 Å². The van der Waals surface area contributed by atoms with E-state index >= 15 is 0 Å². The number of anilines is 2. The van der Waals surface area contributed by atoms with Crippen LogP contribution in [0.2, 0.25) is 0 Å². The molecule has 3 aromatic rings. The highest BCUT2D eigenvalue weighted by Crippen LogP contribution is 2.30. The fourth-order valence-electron chi connectivity index (χ4n) is 2.69. The summed E-state index contributed by atoms with van der Waals surface area (Å²) in [4.78, 5) is 2.34. The minimum atomic E-state index is 0.358. The molecule has 0 unspecified atom stereocenters. The highest BCUT2D eigenvalue weighted by molar-refractivity contribution is 5.86. The molecule has 1 heterocycles. The summed E-state index contributed by atoms with van der Waals surface area (Å²) in [5.74, 6) is 0. The van der Waals surface area contributed by atoms with Gasteiger partial charge in [0.15, 0.2) is 0 Å². The molecule has 2 nitrogen and oxygen atoms in total. The van der Waals surface area contributed by atoms with Crippen molar-refractivity contribution in [3.63, 3.8) is 0 Å². The normalized spacial score (nSPS) is 16.9. The van der Waals surface area contributed by atoms with Crippen molar-refractivity contribution in [1.82, 2.24) is 0 Å². The Bertz CT molecular complexity index is 750. The minimum Gasteiger partial charge on any atom is -0.371 e. The van der Waals surface area contributed by atoms with Gasteiger partial charge in [-0.3, -0.25) is 0 Å². The van der Waals surface area contributed by atoms with Gasteiger partial charge in [0.05, 0.1) is 19.3 Å². The zero-order valence-corrected chi connectivity index (χ0v) is 11.8. The number of ether oxygens (including phenoxy) is 1. The van der Waals surface area contributed by atoms with Gasteiger partial charge in [0.25, 0.3) is 0 Å². The quantitative estimate of drug-likeness (QED) is 0.657. The number of epoxide rings is 1. The molecule has 3 aromatic carbocycles. The summed E-state index contributed by atoms with van der Waals surface area (Å²) >= 11 is 0. The van der Waals surface area contributed by atoms with Crippen molar-refractivity contribution in [3.05, 3.63) is 72.8 Å².